The number of aliphatic carboxylic acids is 1. The molecule has 2 aromatic rings. The molecule has 1 saturated carbocycles. The van der Waals surface area contributed by atoms with Crippen LogP contribution in [-0.2, 0) is 4.79 Å². The summed E-state index contributed by atoms with van der Waals surface area (Å²) < 4.78 is 0. The Balaban J connectivity index is 1.94. The van der Waals surface area contributed by atoms with E-state index in [0.717, 1.165) is 28.5 Å². The molecule has 2 aromatic carbocycles. The van der Waals surface area contributed by atoms with Gasteiger partial charge in [-0.15, -0.1) is 11.8 Å². The smallest absolute Gasteiger partial charge is 0.307 e. The number of phenols is 1. The molecule has 1 aliphatic carbocycles. The van der Waals surface area contributed by atoms with E-state index in [4.69, 9.17) is 5.11 Å². The highest BCUT2D eigenvalue weighted by molar-refractivity contribution is 8.00. The highest BCUT2D eigenvalue weighted by atomic mass is 32.2. The lowest BCUT2D eigenvalue weighted by Gasteiger charge is -2.32. The fourth-order valence-corrected chi connectivity index (χ4v) is 3.86. The molecule has 0 saturated heterocycles. The third kappa shape index (κ3) is 2.16. The van der Waals surface area contributed by atoms with Crippen LogP contribution in [-0.4, -0.2) is 21.4 Å². The van der Waals surface area contributed by atoms with Gasteiger partial charge in [0.1, 0.15) is 5.75 Å². The van der Waals surface area contributed by atoms with Crippen molar-refractivity contribution in [1.82, 2.24) is 0 Å². The van der Waals surface area contributed by atoms with Crippen LogP contribution in [0.4, 0.5) is 0 Å². The van der Waals surface area contributed by atoms with Gasteiger partial charge in [0.25, 0.3) is 0 Å². The summed E-state index contributed by atoms with van der Waals surface area (Å²) in [5.41, 5.74) is 0. The van der Waals surface area contributed by atoms with E-state index in [-0.39, 0.29) is 16.9 Å². The number of phenolic OH excluding ortho intramolecular Hbond substituents is 1. The van der Waals surface area contributed by atoms with Crippen molar-refractivity contribution in [2.75, 3.05) is 0 Å². The predicted octanol–water partition coefficient (Wildman–Crippen LogP) is 3.50. The van der Waals surface area contributed by atoms with Crippen LogP contribution in [0.5, 0.6) is 5.75 Å². The normalized spacial score (nSPS) is 22.1. The van der Waals surface area contributed by atoms with Crippen LogP contribution in [0, 0.1) is 5.92 Å². The number of carbonyl (C=O) groups is 1. The Morgan fingerprint density at radius 3 is 2.47 bits per heavy atom. The van der Waals surface area contributed by atoms with Crippen LogP contribution < -0.4 is 0 Å². The number of hydrogen-bond donors (Lipinski definition) is 2. The summed E-state index contributed by atoms with van der Waals surface area (Å²) in [4.78, 5) is 12.1. The van der Waals surface area contributed by atoms with Crippen LogP contribution in [0.15, 0.2) is 41.3 Å². The van der Waals surface area contributed by atoms with E-state index in [1.54, 1.807) is 17.8 Å². The van der Waals surface area contributed by atoms with E-state index in [2.05, 4.69) is 0 Å². The molecular weight excluding hydrogens is 260 g/mol. The number of carboxylic acid groups (broad SMARTS) is 1. The van der Waals surface area contributed by atoms with Crippen molar-refractivity contribution in [2.24, 2.45) is 5.92 Å². The minimum absolute atomic E-state index is 0.144. The summed E-state index contributed by atoms with van der Waals surface area (Å²) in [7, 11) is 0. The highest BCUT2D eigenvalue weighted by Gasteiger charge is 2.37. The summed E-state index contributed by atoms with van der Waals surface area (Å²) in [6.07, 6.45) is 1.71. The summed E-state index contributed by atoms with van der Waals surface area (Å²) in [6.45, 7) is 0. The summed E-state index contributed by atoms with van der Waals surface area (Å²) >= 11 is 1.61. The highest BCUT2D eigenvalue weighted by Crippen LogP contribution is 2.44. The SMILES string of the molecule is O=C(O)C1CCC1Sc1ccc(O)c2ccccc12. The van der Waals surface area contributed by atoms with E-state index >= 15 is 0 Å². The molecule has 3 rings (SSSR count). The number of hydrogen-bond acceptors (Lipinski definition) is 3. The van der Waals surface area contributed by atoms with E-state index in [0.29, 0.717) is 0 Å². The number of fused-ring (bicyclic) bond motifs is 1. The quantitative estimate of drug-likeness (QED) is 0.899. The molecule has 19 heavy (non-hydrogen) atoms. The minimum atomic E-state index is -0.702. The van der Waals surface area contributed by atoms with Gasteiger partial charge in [0.15, 0.2) is 0 Å². The first-order chi connectivity index (χ1) is 9.16. The van der Waals surface area contributed by atoms with Crippen molar-refractivity contribution in [1.29, 1.82) is 0 Å². The maximum absolute atomic E-state index is 11.0. The molecule has 0 bridgehead atoms. The molecule has 98 valence electrons. The van der Waals surface area contributed by atoms with Crippen molar-refractivity contribution >= 4 is 28.5 Å². The fraction of sp³-hybridized carbons (Fsp3) is 0.267. The van der Waals surface area contributed by atoms with Gasteiger partial charge >= 0.3 is 5.97 Å². The topological polar surface area (TPSA) is 57.5 Å². The Hall–Kier alpha value is -1.68. The third-order valence-electron chi connectivity index (χ3n) is 3.67. The lowest BCUT2D eigenvalue weighted by Crippen LogP contribution is -2.35. The van der Waals surface area contributed by atoms with Gasteiger partial charge in [0, 0.05) is 15.5 Å². The van der Waals surface area contributed by atoms with Crippen LogP contribution >= 0.6 is 11.8 Å². The van der Waals surface area contributed by atoms with E-state index in [9.17, 15) is 9.90 Å². The average Bonchev–Trinajstić information content (AvgIpc) is 2.36. The Kier molecular flexibility index (Phi) is 3.11. The third-order valence-corrected chi connectivity index (χ3v) is 5.14. The number of thioether (sulfide) groups is 1. The molecule has 3 nitrogen and oxygen atoms in total. The monoisotopic (exact) mass is 274 g/mol. The van der Waals surface area contributed by atoms with Gasteiger partial charge in [-0.25, -0.2) is 0 Å². The number of rotatable bonds is 3. The van der Waals surface area contributed by atoms with Gasteiger partial charge in [-0.2, -0.15) is 0 Å². The molecule has 4 heteroatoms. The number of benzene rings is 2. The largest absolute Gasteiger partial charge is 0.507 e. The molecule has 2 N–H and O–H groups in total. The molecule has 0 aromatic heterocycles. The van der Waals surface area contributed by atoms with Crippen molar-refractivity contribution in [2.45, 2.75) is 23.0 Å². The van der Waals surface area contributed by atoms with E-state index < -0.39 is 5.97 Å². The first-order valence-electron chi connectivity index (χ1n) is 6.27. The summed E-state index contributed by atoms with van der Waals surface area (Å²) in [6, 6.07) is 11.2. The molecule has 0 aliphatic heterocycles. The average molecular weight is 274 g/mol. The molecule has 2 unspecified atom stereocenters. The molecule has 0 amide bonds. The van der Waals surface area contributed by atoms with Crippen LogP contribution in [0.25, 0.3) is 10.8 Å². The second-order valence-electron chi connectivity index (χ2n) is 4.81. The molecule has 1 fully saturated rings. The molecule has 2 atom stereocenters. The van der Waals surface area contributed by atoms with Crippen molar-refractivity contribution < 1.29 is 15.0 Å². The van der Waals surface area contributed by atoms with Gasteiger partial charge < -0.3 is 10.2 Å². The van der Waals surface area contributed by atoms with Gasteiger partial charge in [0.2, 0.25) is 0 Å². The van der Waals surface area contributed by atoms with Crippen LogP contribution in [0.2, 0.25) is 0 Å². The number of carboxylic acids is 1. The van der Waals surface area contributed by atoms with Gasteiger partial charge in [-0.1, -0.05) is 24.3 Å². The van der Waals surface area contributed by atoms with Crippen LogP contribution in [0.3, 0.4) is 0 Å². The Bertz CT molecular complexity index is 638. The van der Waals surface area contributed by atoms with Crippen molar-refractivity contribution in [3.05, 3.63) is 36.4 Å². The Labute approximate surface area is 115 Å². The number of aromatic hydroxyl groups is 1. The zero-order chi connectivity index (χ0) is 13.4. The Morgan fingerprint density at radius 2 is 1.84 bits per heavy atom. The fourth-order valence-electron chi connectivity index (χ4n) is 2.41. The second-order valence-corrected chi connectivity index (χ2v) is 6.09. The second kappa shape index (κ2) is 4.78. The van der Waals surface area contributed by atoms with Gasteiger partial charge in [0.05, 0.1) is 5.92 Å². The first kappa shape index (κ1) is 12.4. The maximum Gasteiger partial charge on any atom is 0.307 e. The zero-order valence-corrected chi connectivity index (χ0v) is 11.1. The lowest BCUT2D eigenvalue weighted by molar-refractivity contribution is -0.144. The Morgan fingerprint density at radius 1 is 1.11 bits per heavy atom. The molecule has 0 heterocycles. The van der Waals surface area contributed by atoms with Crippen molar-refractivity contribution in [3.8, 4) is 5.75 Å². The van der Waals surface area contributed by atoms with E-state index in [1.165, 1.54) is 0 Å². The summed E-state index contributed by atoms with van der Waals surface area (Å²) in [5, 5.41) is 20.9. The zero-order valence-electron chi connectivity index (χ0n) is 10.2. The lowest BCUT2D eigenvalue weighted by atomic mass is 9.85. The maximum atomic E-state index is 11.0. The van der Waals surface area contributed by atoms with E-state index in [1.807, 2.05) is 30.3 Å². The first-order valence-corrected chi connectivity index (χ1v) is 7.15. The molecule has 1 aliphatic rings. The standard InChI is InChI=1S/C15H14O3S/c16-12-6-8-13(10-4-2-1-3-9(10)12)19-14-7-5-11(14)15(17)18/h1-4,6,8,11,14,16H,5,7H2,(H,17,18). The van der Waals surface area contributed by atoms with Gasteiger partial charge in [-0.3, -0.25) is 4.79 Å². The minimum Gasteiger partial charge on any atom is -0.507 e. The van der Waals surface area contributed by atoms with Crippen LogP contribution in [0.1, 0.15) is 12.8 Å². The van der Waals surface area contributed by atoms with Crippen molar-refractivity contribution in [3.63, 3.8) is 0 Å². The summed E-state index contributed by atoms with van der Waals surface area (Å²) in [5.74, 6) is -0.673. The molecule has 0 radical (unpaired) electrons. The van der Waals surface area contributed by atoms with Gasteiger partial charge in [-0.05, 0) is 30.4 Å². The molecule has 0 spiro atoms. The predicted molar refractivity (Wildman–Crippen MR) is 75.6 cm³/mol. The molecular formula is C15H14O3S.